The first-order chi connectivity index (χ1) is 9.06. The third-order valence-electron chi connectivity index (χ3n) is 3.85. The fourth-order valence-corrected chi connectivity index (χ4v) is 3.14. The van der Waals surface area contributed by atoms with Crippen molar-refractivity contribution in [3.63, 3.8) is 0 Å². The summed E-state index contributed by atoms with van der Waals surface area (Å²) in [5.41, 5.74) is 4.48. The molecule has 0 aliphatic carbocycles. The second-order valence-corrected chi connectivity index (χ2v) is 8.85. The molecule has 6 nitrogen and oxygen atoms in total. The van der Waals surface area contributed by atoms with E-state index in [2.05, 4.69) is 26.5 Å². The number of aromatic nitrogens is 2. The van der Waals surface area contributed by atoms with Crippen LogP contribution in [0.25, 0.3) is 0 Å². The summed E-state index contributed by atoms with van der Waals surface area (Å²) in [5.74, 6) is 5.59. The molecule has 0 amide bonds. The number of rotatable bonds is 6. The average Bonchev–Trinajstić information content (AvgIpc) is 2.61. The van der Waals surface area contributed by atoms with Gasteiger partial charge in [-0.15, -0.1) is 0 Å². The van der Waals surface area contributed by atoms with Gasteiger partial charge in [0.2, 0.25) is 0 Å². The molecule has 0 spiro atoms. The Morgan fingerprint density at radius 3 is 2.45 bits per heavy atom. The van der Waals surface area contributed by atoms with E-state index < -0.39 is 20.6 Å². The maximum Gasteiger partial charge on any atom is 0.154 e. The van der Waals surface area contributed by atoms with Crippen molar-refractivity contribution in [3.8, 4) is 0 Å². The van der Waals surface area contributed by atoms with Crippen LogP contribution in [0.5, 0.6) is 0 Å². The SMILES string of the molecule is CCn1nc(C)c(Br)c1CC(NN)C(C)(C)S(C)(=O)=O. The van der Waals surface area contributed by atoms with Crippen LogP contribution < -0.4 is 11.3 Å². The number of hydrazine groups is 1. The van der Waals surface area contributed by atoms with Gasteiger partial charge in [0.15, 0.2) is 9.84 Å². The number of nitrogens with one attached hydrogen (secondary N) is 1. The van der Waals surface area contributed by atoms with Gasteiger partial charge >= 0.3 is 0 Å². The third-order valence-corrected chi connectivity index (χ3v) is 7.07. The lowest BCUT2D eigenvalue weighted by atomic mass is 9.98. The molecule has 0 aliphatic rings. The van der Waals surface area contributed by atoms with Gasteiger partial charge in [0.1, 0.15) is 0 Å². The Morgan fingerprint density at radius 2 is 2.05 bits per heavy atom. The molecule has 1 atom stereocenters. The number of nitrogens with two attached hydrogens (primary N) is 1. The summed E-state index contributed by atoms with van der Waals surface area (Å²) in [6.45, 7) is 7.99. The predicted molar refractivity (Wildman–Crippen MR) is 84.1 cm³/mol. The van der Waals surface area contributed by atoms with Crippen molar-refractivity contribution in [2.45, 2.75) is 51.4 Å². The zero-order valence-electron chi connectivity index (χ0n) is 12.6. The molecule has 0 aromatic carbocycles. The average molecular weight is 367 g/mol. The highest BCUT2D eigenvalue weighted by Crippen LogP contribution is 2.27. The van der Waals surface area contributed by atoms with Crippen LogP contribution in [0.1, 0.15) is 32.2 Å². The van der Waals surface area contributed by atoms with E-state index in [0.29, 0.717) is 6.42 Å². The lowest BCUT2D eigenvalue weighted by molar-refractivity contribution is 0.402. The number of sulfone groups is 1. The topological polar surface area (TPSA) is 90.0 Å². The van der Waals surface area contributed by atoms with Crippen molar-refractivity contribution in [1.29, 1.82) is 0 Å². The van der Waals surface area contributed by atoms with Crippen LogP contribution in [0.2, 0.25) is 0 Å². The monoisotopic (exact) mass is 366 g/mol. The molecular weight excluding hydrogens is 344 g/mol. The Hall–Kier alpha value is -0.440. The molecule has 0 bridgehead atoms. The number of nitrogens with zero attached hydrogens (tertiary/aromatic N) is 2. The summed E-state index contributed by atoms with van der Waals surface area (Å²) in [5, 5.41) is 4.41. The molecule has 0 saturated carbocycles. The molecule has 0 aliphatic heterocycles. The Bertz CT molecular complexity index is 581. The predicted octanol–water partition coefficient (Wildman–Crippen LogP) is 1.17. The number of aryl methyl sites for hydroxylation is 2. The highest BCUT2D eigenvalue weighted by Gasteiger charge is 2.39. The maximum absolute atomic E-state index is 12.0. The smallest absolute Gasteiger partial charge is 0.154 e. The van der Waals surface area contributed by atoms with Gasteiger partial charge in [-0.3, -0.25) is 16.0 Å². The molecule has 0 saturated heterocycles. The fraction of sp³-hybridized carbons (Fsp3) is 0.750. The van der Waals surface area contributed by atoms with Crippen LogP contribution in [-0.2, 0) is 22.8 Å². The van der Waals surface area contributed by atoms with Crippen LogP contribution in [0, 0.1) is 6.92 Å². The molecule has 1 aromatic heterocycles. The van der Waals surface area contributed by atoms with Gasteiger partial charge in [-0.2, -0.15) is 5.10 Å². The van der Waals surface area contributed by atoms with E-state index >= 15 is 0 Å². The largest absolute Gasteiger partial charge is 0.271 e. The van der Waals surface area contributed by atoms with Gasteiger partial charge in [-0.05, 0) is 43.6 Å². The number of halogens is 1. The van der Waals surface area contributed by atoms with E-state index in [1.807, 2.05) is 18.5 Å². The van der Waals surface area contributed by atoms with E-state index in [4.69, 9.17) is 5.84 Å². The zero-order chi connectivity index (χ0) is 15.7. The lowest BCUT2D eigenvalue weighted by Gasteiger charge is -2.32. The molecule has 1 unspecified atom stereocenters. The second-order valence-electron chi connectivity index (χ2n) is 5.46. The van der Waals surface area contributed by atoms with Crippen LogP contribution in [0.15, 0.2) is 4.47 Å². The van der Waals surface area contributed by atoms with Gasteiger partial charge in [0, 0.05) is 25.3 Å². The van der Waals surface area contributed by atoms with Crippen molar-refractivity contribution in [2.24, 2.45) is 5.84 Å². The summed E-state index contributed by atoms with van der Waals surface area (Å²) >= 11 is 3.52. The highest BCUT2D eigenvalue weighted by atomic mass is 79.9. The first-order valence-corrected chi connectivity index (χ1v) is 9.12. The summed E-state index contributed by atoms with van der Waals surface area (Å²) in [7, 11) is -3.25. The first-order valence-electron chi connectivity index (χ1n) is 6.43. The number of hydrogen-bond donors (Lipinski definition) is 2. The van der Waals surface area contributed by atoms with Crippen LogP contribution in [0.3, 0.4) is 0 Å². The third kappa shape index (κ3) is 3.24. The van der Waals surface area contributed by atoms with Crippen molar-refractivity contribution in [1.82, 2.24) is 15.2 Å². The van der Waals surface area contributed by atoms with Gasteiger partial charge in [0.05, 0.1) is 20.6 Å². The van der Waals surface area contributed by atoms with Gasteiger partial charge in [-0.1, -0.05) is 0 Å². The molecule has 0 fully saturated rings. The Labute approximate surface area is 129 Å². The fourth-order valence-electron chi connectivity index (χ4n) is 2.02. The van der Waals surface area contributed by atoms with Crippen molar-refractivity contribution >= 4 is 25.8 Å². The summed E-state index contributed by atoms with van der Waals surface area (Å²) < 4.78 is 25.7. The molecule has 0 radical (unpaired) electrons. The van der Waals surface area contributed by atoms with E-state index in [9.17, 15) is 8.42 Å². The van der Waals surface area contributed by atoms with E-state index in [1.165, 1.54) is 6.26 Å². The minimum absolute atomic E-state index is 0.407. The van der Waals surface area contributed by atoms with Crippen molar-refractivity contribution in [2.75, 3.05) is 6.26 Å². The summed E-state index contributed by atoms with van der Waals surface area (Å²) in [4.78, 5) is 0. The Kier molecular flexibility index (Phi) is 5.40. The molecule has 1 heterocycles. The van der Waals surface area contributed by atoms with Crippen LogP contribution >= 0.6 is 15.9 Å². The van der Waals surface area contributed by atoms with Gasteiger partial charge in [-0.25, -0.2) is 8.42 Å². The summed E-state index contributed by atoms with van der Waals surface area (Å²) in [6.07, 6.45) is 1.71. The molecule has 1 rings (SSSR count). The zero-order valence-corrected chi connectivity index (χ0v) is 15.0. The molecular formula is C12H23BrN4O2S. The summed E-state index contributed by atoms with van der Waals surface area (Å²) in [6, 6.07) is -0.407. The lowest BCUT2D eigenvalue weighted by Crippen LogP contribution is -2.55. The van der Waals surface area contributed by atoms with Crippen LogP contribution in [-0.4, -0.2) is 35.2 Å². The minimum Gasteiger partial charge on any atom is -0.271 e. The van der Waals surface area contributed by atoms with Gasteiger partial charge in [0.25, 0.3) is 0 Å². The van der Waals surface area contributed by atoms with Crippen molar-refractivity contribution in [3.05, 3.63) is 15.9 Å². The van der Waals surface area contributed by atoms with E-state index in [1.54, 1.807) is 13.8 Å². The standard InChI is InChI=1S/C12H23BrN4O2S/c1-6-17-9(11(13)8(2)16-17)7-10(15-14)12(3,4)20(5,18)19/h10,15H,6-7,14H2,1-5H3. The molecule has 8 heteroatoms. The highest BCUT2D eigenvalue weighted by molar-refractivity contribution is 9.10. The first kappa shape index (κ1) is 17.6. The number of hydrogen-bond acceptors (Lipinski definition) is 5. The Morgan fingerprint density at radius 1 is 1.50 bits per heavy atom. The Balaban J connectivity index is 3.19. The molecule has 20 heavy (non-hydrogen) atoms. The van der Waals surface area contributed by atoms with Gasteiger partial charge < -0.3 is 0 Å². The van der Waals surface area contributed by atoms with E-state index in [-0.39, 0.29) is 0 Å². The van der Waals surface area contributed by atoms with Crippen LogP contribution in [0.4, 0.5) is 0 Å². The quantitative estimate of drug-likeness (QED) is 0.582. The normalized spacial score (nSPS) is 14.6. The molecule has 3 N–H and O–H groups in total. The maximum atomic E-state index is 12.0. The second kappa shape index (κ2) is 6.13. The molecule has 1 aromatic rings. The molecule has 116 valence electrons. The van der Waals surface area contributed by atoms with E-state index in [0.717, 1.165) is 22.4 Å². The van der Waals surface area contributed by atoms with Crippen molar-refractivity contribution < 1.29 is 8.42 Å². The minimum atomic E-state index is -3.25.